The van der Waals surface area contributed by atoms with Gasteiger partial charge in [0.2, 0.25) is 0 Å². The number of thiophene rings is 1. The number of aromatic nitrogens is 4. The number of fused-ring (bicyclic) bond motifs is 6. The zero-order chi connectivity index (χ0) is 37.4. The minimum absolute atomic E-state index is 0.183. The Hall–Kier alpha value is -6.43. The second-order valence-corrected chi connectivity index (χ2v) is 13.1. The topological polar surface area (TPSA) is 43.6 Å². The molecular formula is C45H28N4S. The summed E-state index contributed by atoms with van der Waals surface area (Å²) < 4.78 is 46.3. The summed E-state index contributed by atoms with van der Waals surface area (Å²) in [7, 11) is 0. The summed E-state index contributed by atoms with van der Waals surface area (Å²) in [5, 5.41) is 4.03. The van der Waals surface area contributed by atoms with Crippen molar-refractivity contribution in [1.29, 1.82) is 0 Å². The van der Waals surface area contributed by atoms with Gasteiger partial charge in [-0.25, -0.2) is 15.0 Å². The molecule has 0 spiro atoms. The van der Waals surface area contributed by atoms with E-state index >= 15 is 0 Å². The van der Waals surface area contributed by atoms with E-state index in [1.807, 2.05) is 72.8 Å². The third kappa shape index (κ3) is 4.63. The molecule has 0 N–H and O–H groups in total. The van der Waals surface area contributed by atoms with Gasteiger partial charge in [-0.15, -0.1) is 11.3 Å². The monoisotopic (exact) mass is 661 g/mol. The molecule has 234 valence electrons. The third-order valence-corrected chi connectivity index (χ3v) is 10.3. The van der Waals surface area contributed by atoms with Crippen LogP contribution >= 0.6 is 11.3 Å². The highest BCUT2D eigenvalue weighted by molar-refractivity contribution is 7.26. The highest BCUT2D eigenvalue weighted by Crippen LogP contribution is 2.44. The normalized spacial score (nSPS) is 13.0. The van der Waals surface area contributed by atoms with E-state index in [1.54, 1.807) is 0 Å². The first kappa shape index (κ1) is 23.8. The lowest BCUT2D eigenvalue weighted by molar-refractivity contribution is 1.08. The summed E-state index contributed by atoms with van der Waals surface area (Å²) in [6, 6.07) is 45.2. The van der Waals surface area contributed by atoms with Crippen molar-refractivity contribution in [2.45, 2.75) is 0 Å². The van der Waals surface area contributed by atoms with E-state index in [0.717, 1.165) is 64.4 Å². The zero-order valence-electron chi connectivity index (χ0n) is 31.5. The molecule has 0 amide bonds. The number of para-hydroxylation sites is 2. The van der Waals surface area contributed by atoms with Gasteiger partial charge in [-0.3, -0.25) is 0 Å². The van der Waals surface area contributed by atoms with Crippen LogP contribution in [-0.2, 0) is 0 Å². The van der Waals surface area contributed by atoms with Crippen LogP contribution in [0.5, 0.6) is 0 Å². The van der Waals surface area contributed by atoms with Crippen LogP contribution in [0.1, 0.15) is 6.85 Å². The molecule has 0 fully saturated rings. The van der Waals surface area contributed by atoms with Crippen molar-refractivity contribution in [3.05, 3.63) is 170 Å². The third-order valence-electron chi connectivity index (χ3n) is 9.15. The van der Waals surface area contributed by atoms with Crippen molar-refractivity contribution in [1.82, 2.24) is 19.5 Å². The number of nitrogens with zero attached hydrogens (tertiary/aromatic N) is 4. The molecule has 0 aliphatic rings. The Balaban J connectivity index is 1.20. The molecule has 3 aromatic heterocycles. The maximum absolute atomic E-state index is 8.71. The van der Waals surface area contributed by atoms with Gasteiger partial charge in [-0.1, -0.05) is 127 Å². The van der Waals surface area contributed by atoms with Crippen LogP contribution in [0, 0.1) is 0 Å². The molecule has 10 rings (SSSR count). The van der Waals surface area contributed by atoms with Crippen LogP contribution in [0.4, 0.5) is 0 Å². The number of rotatable bonds is 5. The minimum atomic E-state index is -0.412. The maximum atomic E-state index is 8.71. The van der Waals surface area contributed by atoms with E-state index < -0.39 is 6.04 Å². The standard InChI is InChI=1S/C45H28N4S/c1-4-14-29(15-5-1)33-21-12-22-35-41-36(23-13-25-40(41)50-42(33)35)45-47-43(30-16-6-2-7-17-30)46-44(48-45)31-26-27-39-37(28-31)34-20-10-11-24-38(34)49(39)32-18-8-3-9-19-32/h1-28H/i1D,4D,5D,14D,15D. The van der Waals surface area contributed by atoms with E-state index in [9.17, 15) is 0 Å². The summed E-state index contributed by atoms with van der Waals surface area (Å²) in [5.74, 6) is 1.59. The van der Waals surface area contributed by atoms with Gasteiger partial charge in [-0.2, -0.15) is 0 Å². The van der Waals surface area contributed by atoms with Gasteiger partial charge in [0.1, 0.15) is 0 Å². The Morgan fingerprint density at radius 2 is 1.14 bits per heavy atom. The lowest BCUT2D eigenvalue weighted by Crippen LogP contribution is -2.00. The summed E-state index contributed by atoms with van der Waals surface area (Å²) >= 11 is 1.52. The zero-order valence-corrected chi connectivity index (χ0v) is 27.3. The molecule has 0 aliphatic carbocycles. The van der Waals surface area contributed by atoms with Crippen LogP contribution in [-0.4, -0.2) is 19.5 Å². The fraction of sp³-hybridized carbons (Fsp3) is 0. The largest absolute Gasteiger partial charge is 0.309 e. The molecule has 50 heavy (non-hydrogen) atoms. The second kappa shape index (κ2) is 11.6. The molecule has 10 aromatic rings. The Morgan fingerprint density at radius 3 is 1.98 bits per heavy atom. The molecule has 3 heterocycles. The van der Waals surface area contributed by atoms with E-state index in [-0.39, 0.29) is 29.7 Å². The van der Waals surface area contributed by atoms with Gasteiger partial charge in [0.15, 0.2) is 17.5 Å². The van der Waals surface area contributed by atoms with Gasteiger partial charge in [-0.05, 0) is 53.6 Å². The molecule has 0 bridgehead atoms. The van der Waals surface area contributed by atoms with Crippen LogP contribution < -0.4 is 0 Å². The predicted molar refractivity (Wildman–Crippen MR) is 209 cm³/mol. The summed E-state index contributed by atoms with van der Waals surface area (Å²) in [6.45, 7) is 0. The molecule has 0 atom stereocenters. The Morgan fingerprint density at radius 1 is 0.480 bits per heavy atom. The summed E-state index contributed by atoms with van der Waals surface area (Å²) in [6.07, 6.45) is 0. The van der Waals surface area contributed by atoms with Gasteiger partial charge in [0.25, 0.3) is 0 Å². The highest BCUT2D eigenvalue weighted by Gasteiger charge is 2.19. The second-order valence-electron chi connectivity index (χ2n) is 12.1. The molecular weight excluding hydrogens is 629 g/mol. The molecule has 0 saturated heterocycles. The molecule has 0 unspecified atom stereocenters. The molecule has 0 radical (unpaired) electrons. The summed E-state index contributed by atoms with van der Waals surface area (Å²) in [4.78, 5) is 15.3. The van der Waals surface area contributed by atoms with Gasteiger partial charge < -0.3 is 4.57 Å². The van der Waals surface area contributed by atoms with Crippen molar-refractivity contribution in [3.63, 3.8) is 0 Å². The number of hydrogen-bond acceptors (Lipinski definition) is 4. The van der Waals surface area contributed by atoms with Crippen molar-refractivity contribution in [2.24, 2.45) is 0 Å². The van der Waals surface area contributed by atoms with E-state index in [0.29, 0.717) is 23.0 Å². The van der Waals surface area contributed by atoms with Crippen molar-refractivity contribution in [3.8, 4) is 51.0 Å². The van der Waals surface area contributed by atoms with Gasteiger partial charge >= 0.3 is 0 Å². The first-order valence-electron chi connectivity index (χ1n) is 18.8. The van der Waals surface area contributed by atoms with E-state index in [1.165, 1.54) is 11.3 Å². The fourth-order valence-electron chi connectivity index (χ4n) is 6.92. The van der Waals surface area contributed by atoms with Crippen LogP contribution in [0.25, 0.3) is 93.0 Å². The lowest BCUT2D eigenvalue weighted by Gasteiger charge is -2.10. The van der Waals surface area contributed by atoms with Crippen LogP contribution in [0.15, 0.2) is 170 Å². The minimum Gasteiger partial charge on any atom is -0.309 e. The van der Waals surface area contributed by atoms with Gasteiger partial charge in [0.05, 0.1) is 17.9 Å². The molecule has 5 heteroatoms. The van der Waals surface area contributed by atoms with Crippen LogP contribution in [0.2, 0.25) is 0 Å². The van der Waals surface area contributed by atoms with Crippen molar-refractivity contribution >= 4 is 53.3 Å². The van der Waals surface area contributed by atoms with E-state index in [2.05, 4.69) is 71.3 Å². The summed E-state index contributed by atoms with van der Waals surface area (Å²) in [5.41, 5.74) is 6.58. The first-order chi connectivity index (χ1) is 26.9. The molecule has 0 aliphatic heterocycles. The molecule has 7 aromatic carbocycles. The predicted octanol–water partition coefficient (Wildman–Crippen LogP) is 12.0. The van der Waals surface area contributed by atoms with Crippen molar-refractivity contribution < 1.29 is 6.85 Å². The van der Waals surface area contributed by atoms with Crippen LogP contribution in [0.3, 0.4) is 0 Å². The fourth-order valence-corrected chi connectivity index (χ4v) is 8.17. The molecule has 4 nitrogen and oxygen atoms in total. The Kier molecular flexibility index (Phi) is 5.54. The number of benzene rings is 7. The SMILES string of the molecule is [2H]c1c([2H])c([2H])c(-c2cccc3c2sc2cccc(-c4nc(-c5ccccc5)nc(-c5ccc6c(c5)c5ccccc5n6-c5ccccc5)n4)c23)c([2H])c1[2H]. The van der Waals surface area contributed by atoms with Crippen molar-refractivity contribution in [2.75, 3.05) is 0 Å². The quantitative estimate of drug-likeness (QED) is 0.184. The first-order valence-corrected chi connectivity index (χ1v) is 17.1. The Bertz CT molecular complexity index is 3130. The lowest BCUT2D eigenvalue weighted by atomic mass is 10.0. The molecule has 0 saturated carbocycles. The smallest absolute Gasteiger partial charge is 0.164 e. The number of hydrogen-bond donors (Lipinski definition) is 0. The maximum Gasteiger partial charge on any atom is 0.164 e. The highest BCUT2D eigenvalue weighted by atomic mass is 32.1. The Labute approximate surface area is 299 Å². The average molecular weight is 662 g/mol. The van der Waals surface area contributed by atoms with E-state index in [4.69, 9.17) is 21.8 Å². The van der Waals surface area contributed by atoms with Gasteiger partial charge in [0, 0.05) is 53.3 Å². The average Bonchev–Trinajstić information content (AvgIpc) is 3.79.